The molecule has 0 saturated carbocycles. The van der Waals surface area contributed by atoms with Crippen LogP contribution >= 0.6 is 0 Å². The number of nitrogens with zero attached hydrogens (tertiary/aromatic N) is 1. The molecule has 6 heteroatoms. The first-order chi connectivity index (χ1) is 5.01. The Morgan fingerprint density at radius 2 is 1.73 bits per heavy atom. The molecule has 4 nitrogen and oxygen atoms in total. The largest absolute Gasteiger partial charge is 0.351 e. The van der Waals surface area contributed by atoms with Gasteiger partial charge in [-0.1, -0.05) is 0 Å². The third kappa shape index (κ3) is 2.22. The fourth-order valence-corrected chi connectivity index (χ4v) is 2.13. The minimum absolute atomic E-state index is 0.0376. The molecule has 1 aliphatic rings. The lowest BCUT2D eigenvalue weighted by molar-refractivity contribution is 0.226. The molecule has 1 fully saturated rings. The van der Waals surface area contributed by atoms with E-state index in [1.807, 2.05) is 0 Å². The number of hydrogen-bond donors (Lipinski definition) is 0. The van der Waals surface area contributed by atoms with Crippen LogP contribution in [0.4, 0.5) is 4.79 Å². The van der Waals surface area contributed by atoms with Gasteiger partial charge in [0.1, 0.15) is 0 Å². The Labute approximate surface area is 66.9 Å². The Hall–Kier alpha value is -0.515. The Morgan fingerprint density at radius 3 is 2.09 bits per heavy atom. The Balaban J connectivity index is 2.56. The second kappa shape index (κ2) is 2.85. The molecule has 60 valence electrons. The van der Waals surface area contributed by atoms with Gasteiger partial charge in [-0.25, -0.2) is 8.42 Å². The lowest BCUT2D eigenvalue weighted by Gasteiger charge is -2.25. The molecule has 0 aliphatic carbocycles. The molecule has 0 atom stereocenters. The molecular formula is C5H8BNO3S. The number of amides is 1. The van der Waals surface area contributed by atoms with Crippen molar-refractivity contribution in [2.45, 2.75) is 0 Å². The van der Waals surface area contributed by atoms with Crippen LogP contribution in [0.1, 0.15) is 0 Å². The van der Waals surface area contributed by atoms with E-state index in [9.17, 15) is 13.2 Å². The monoisotopic (exact) mass is 173 g/mol. The van der Waals surface area contributed by atoms with Gasteiger partial charge in [-0.2, -0.15) is 0 Å². The number of hydrogen-bond acceptors (Lipinski definition) is 3. The summed E-state index contributed by atoms with van der Waals surface area (Å²) in [6, 6.07) is 0. The molecule has 1 heterocycles. The lowest BCUT2D eigenvalue weighted by atomic mass is 10.1. The molecule has 0 N–H and O–H groups in total. The van der Waals surface area contributed by atoms with Crippen LogP contribution < -0.4 is 0 Å². The fraction of sp³-hybridized carbons (Fsp3) is 0.800. The van der Waals surface area contributed by atoms with E-state index < -0.39 is 15.6 Å². The van der Waals surface area contributed by atoms with Crippen LogP contribution in [0.5, 0.6) is 0 Å². The summed E-state index contributed by atoms with van der Waals surface area (Å²) in [4.78, 5) is 11.9. The third-order valence-electron chi connectivity index (χ3n) is 1.66. The van der Waals surface area contributed by atoms with E-state index in [2.05, 4.69) is 0 Å². The van der Waals surface area contributed by atoms with Crippen LogP contribution in [0, 0.1) is 0 Å². The zero-order valence-electron chi connectivity index (χ0n) is 5.99. The van der Waals surface area contributed by atoms with Gasteiger partial charge in [0.15, 0.2) is 15.6 Å². The molecular weight excluding hydrogens is 165 g/mol. The summed E-state index contributed by atoms with van der Waals surface area (Å²) in [5.74, 6) is -0.466. The van der Waals surface area contributed by atoms with E-state index in [0.29, 0.717) is 0 Å². The minimum atomic E-state index is -2.90. The maximum Gasteiger partial charge on any atom is 0.200 e. The maximum atomic E-state index is 10.8. The first-order valence-corrected chi connectivity index (χ1v) is 5.08. The van der Waals surface area contributed by atoms with Crippen molar-refractivity contribution in [3.05, 3.63) is 0 Å². The second-order valence-electron chi connectivity index (χ2n) is 2.48. The van der Waals surface area contributed by atoms with Gasteiger partial charge < -0.3 is 4.90 Å². The van der Waals surface area contributed by atoms with Gasteiger partial charge in [0.05, 0.1) is 11.5 Å². The minimum Gasteiger partial charge on any atom is -0.351 e. The molecule has 0 aromatic carbocycles. The van der Waals surface area contributed by atoms with E-state index in [0.717, 1.165) is 0 Å². The molecule has 0 spiro atoms. The van der Waals surface area contributed by atoms with Crippen molar-refractivity contribution in [3.8, 4) is 0 Å². The van der Waals surface area contributed by atoms with Crippen LogP contribution in [-0.2, 0) is 9.84 Å². The highest BCUT2D eigenvalue weighted by Gasteiger charge is 2.22. The van der Waals surface area contributed by atoms with Gasteiger partial charge >= 0.3 is 0 Å². The molecule has 0 bridgehead atoms. The molecule has 1 amide bonds. The molecule has 1 saturated heterocycles. The molecule has 0 unspecified atom stereocenters. The lowest BCUT2D eigenvalue weighted by Crippen LogP contribution is -2.43. The van der Waals surface area contributed by atoms with Gasteiger partial charge in [-0.05, 0) is 0 Å². The highest BCUT2D eigenvalue weighted by atomic mass is 32.2. The van der Waals surface area contributed by atoms with Crippen LogP contribution in [0.15, 0.2) is 0 Å². The second-order valence-corrected chi connectivity index (χ2v) is 4.78. The number of carbonyl (C=O) groups is 1. The normalized spacial score (nSPS) is 23.1. The zero-order valence-corrected chi connectivity index (χ0v) is 6.80. The predicted molar refractivity (Wildman–Crippen MR) is 41.4 cm³/mol. The first-order valence-electron chi connectivity index (χ1n) is 3.26. The average Bonchev–Trinajstić information content (AvgIpc) is 1.86. The number of sulfone groups is 1. The summed E-state index contributed by atoms with van der Waals surface area (Å²) in [5, 5.41) is 0. The van der Waals surface area contributed by atoms with Crippen molar-refractivity contribution in [1.29, 1.82) is 0 Å². The topological polar surface area (TPSA) is 54.5 Å². The average molecular weight is 173 g/mol. The molecule has 0 aromatic rings. The van der Waals surface area contributed by atoms with Crippen LogP contribution in [0.3, 0.4) is 0 Å². The third-order valence-corrected chi connectivity index (χ3v) is 3.27. The fourth-order valence-electron chi connectivity index (χ4n) is 0.933. The molecule has 1 rings (SSSR count). The quantitative estimate of drug-likeness (QED) is 0.441. The van der Waals surface area contributed by atoms with Crippen molar-refractivity contribution >= 4 is 23.5 Å². The van der Waals surface area contributed by atoms with Crippen LogP contribution in [-0.4, -0.2) is 51.6 Å². The smallest absolute Gasteiger partial charge is 0.200 e. The van der Waals surface area contributed by atoms with E-state index in [4.69, 9.17) is 7.85 Å². The Kier molecular flexibility index (Phi) is 2.22. The van der Waals surface area contributed by atoms with Crippen LogP contribution in [0.2, 0.25) is 0 Å². The van der Waals surface area contributed by atoms with Gasteiger partial charge in [0.2, 0.25) is 7.85 Å². The van der Waals surface area contributed by atoms with E-state index in [-0.39, 0.29) is 24.6 Å². The summed E-state index contributed by atoms with van der Waals surface area (Å²) in [5.41, 5.74) is 0. The van der Waals surface area contributed by atoms with Crippen molar-refractivity contribution in [1.82, 2.24) is 4.90 Å². The van der Waals surface area contributed by atoms with Gasteiger partial charge in [0.25, 0.3) is 0 Å². The number of rotatable bonds is 0. The predicted octanol–water partition coefficient (Wildman–Crippen LogP) is -0.995. The van der Waals surface area contributed by atoms with Crippen molar-refractivity contribution < 1.29 is 13.2 Å². The SMILES string of the molecule is [B]C(=O)N1CCS(=O)(=O)CC1. The van der Waals surface area contributed by atoms with Crippen molar-refractivity contribution in [2.24, 2.45) is 0 Å². The summed E-state index contributed by atoms with van der Waals surface area (Å²) < 4.78 is 21.7. The van der Waals surface area contributed by atoms with E-state index >= 15 is 0 Å². The number of carbonyl (C=O) groups excluding carboxylic acids is 1. The van der Waals surface area contributed by atoms with Gasteiger partial charge in [-0.3, -0.25) is 4.79 Å². The maximum absolute atomic E-state index is 10.8. The van der Waals surface area contributed by atoms with Crippen molar-refractivity contribution in [2.75, 3.05) is 24.6 Å². The molecule has 2 radical (unpaired) electrons. The first kappa shape index (κ1) is 8.58. The molecule has 11 heavy (non-hydrogen) atoms. The highest BCUT2D eigenvalue weighted by Crippen LogP contribution is 2.02. The Bertz CT molecular complexity index is 247. The summed E-state index contributed by atoms with van der Waals surface area (Å²) >= 11 is 0. The summed E-state index contributed by atoms with van der Waals surface area (Å²) in [6.45, 7) is 0.468. The standard InChI is InChI=1S/C5H8BNO3S/c6-5(8)7-1-3-11(9,10)4-2-7/h1-4H2. The highest BCUT2D eigenvalue weighted by molar-refractivity contribution is 7.91. The van der Waals surface area contributed by atoms with E-state index in [1.54, 1.807) is 0 Å². The van der Waals surface area contributed by atoms with E-state index in [1.165, 1.54) is 4.90 Å². The van der Waals surface area contributed by atoms with Gasteiger partial charge in [0, 0.05) is 13.1 Å². The Morgan fingerprint density at radius 1 is 1.27 bits per heavy atom. The van der Waals surface area contributed by atoms with Gasteiger partial charge in [-0.15, -0.1) is 0 Å². The molecule has 0 aromatic heterocycles. The van der Waals surface area contributed by atoms with Crippen LogP contribution in [0.25, 0.3) is 0 Å². The zero-order chi connectivity index (χ0) is 8.48. The van der Waals surface area contributed by atoms with Crippen molar-refractivity contribution in [3.63, 3.8) is 0 Å². The summed E-state index contributed by atoms with van der Waals surface area (Å²) in [6.07, 6.45) is 0. The molecule has 1 aliphatic heterocycles. The summed E-state index contributed by atoms with van der Waals surface area (Å²) in [7, 11) is 2.05.